The smallest absolute Gasteiger partial charge is 0.312 e. The molecule has 0 aromatic heterocycles. The van der Waals surface area contributed by atoms with E-state index in [1.54, 1.807) is 31.2 Å². The maximum absolute atomic E-state index is 13.8. The highest BCUT2D eigenvalue weighted by Gasteiger charge is 2.29. The molecule has 10 heteroatoms. The Hall–Kier alpha value is -4.08. The molecule has 3 aromatic rings. The maximum atomic E-state index is 13.8. The number of rotatable bonds is 11. The van der Waals surface area contributed by atoms with Gasteiger partial charge in [-0.25, -0.2) is 4.39 Å². The molecule has 1 heterocycles. The molecule has 3 atom stereocenters. The predicted octanol–water partition coefficient (Wildman–Crippen LogP) is 4.64. The van der Waals surface area contributed by atoms with Crippen LogP contribution >= 0.6 is 11.6 Å². The van der Waals surface area contributed by atoms with Crippen molar-refractivity contribution in [3.63, 3.8) is 0 Å². The lowest BCUT2D eigenvalue weighted by atomic mass is 9.86. The molecular weight excluding hydrogens is 559 g/mol. The third-order valence-corrected chi connectivity index (χ3v) is 7.47. The van der Waals surface area contributed by atoms with Crippen LogP contribution in [0.5, 0.6) is 0 Å². The summed E-state index contributed by atoms with van der Waals surface area (Å²) in [5.74, 6) is -1.40. The van der Waals surface area contributed by atoms with E-state index in [4.69, 9.17) is 21.7 Å². The van der Waals surface area contributed by atoms with E-state index >= 15 is 0 Å². The van der Waals surface area contributed by atoms with Gasteiger partial charge in [-0.3, -0.25) is 14.4 Å². The lowest BCUT2D eigenvalue weighted by molar-refractivity contribution is -0.143. The number of amides is 2. The number of benzene rings is 3. The molecule has 0 spiro atoms. The van der Waals surface area contributed by atoms with Gasteiger partial charge in [-0.05, 0) is 67.1 Å². The number of ether oxygens (including phenoxy) is 1. The van der Waals surface area contributed by atoms with E-state index in [0.717, 1.165) is 18.5 Å². The van der Waals surface area contributed by atoms with Crippen molar-refractivity contribution in [3.05, 3.63) is 106 Å². The lowest BCUT2D eigenvalue weighted by Gasteiger charge is -2.30. The van der Waals surface area contributed by atoms with Crippen LogP contribution in [-0.4, -0.2) is 42.1 Å². The first-order valence-corrected chi connectivity index (χ1v) is 14.2. The van der Waals surface area contributed by atoms with E-state index in [2.05, 4.69) is 28.1 Å². The fourth-order valence-corrected chi connectivity index (χ4v) is 5.00. The van der Waals surface area contributed by atoms with Gasteiger partial charge in [0.05, 0.1) is 12.5 Å². The van der Waals surface area contributed by atoms with Crippen molar-refractivity contribution in [1.82, 2.24) is 16.0 Å². The molecule has 4 N–H and O–H groups in total. The second-order valence-corrected chi connectivity index (χ2v) is 10.8. The van der Waals surface area contributed by atoms with Crippen LogP contribution in [0.25, 0.3) is 0 Å². The molecule has 3 aromatic carbocycles. The molecule has 8 nitrogen and oxygen atoms in total. The first-order valence-electron chi connectivity index (χ1n) is 13.8. The van der Waals surface area contributed by atoms with Crippen LogP contribution in [-0.2, 0) is 32.3 Å². The van der Waals surface area contributed by atoms with E-state index in [0.29, 0.717) is 22.9 Å². The predicted molar refractivity (Wildman–Crippen MR) is 159 cm³/mol. The Balaban J connectivity index is 1.19. The molecule has 1 aliphatic rings. The van der Waals surface area contributed by atoms with Gasteiger partial charge in [0.2, 0.25) is 11.8 Å². The zero-order valence-corrected chi connectivity index (χ0v) is 24.0. The summed E-state index contributed by atoms with van der Waals surface area (Å²) < 4.78 is 18.9. The minimum absolute atomic E-state index is 0.0457. The van der Waals surface area contributed by atoms with Crippen LogP contribution in [0.4, 0.5) is 4.39 Å². The normalized spacial score (nSPS) is 17.1. The second kappa shape index (κ2) is 14.7. The van der Waals surface area contributed by atoms with Gasteiger partial charge in [-0.1, -0.05) is 66.2 Å². The van der Waals surface area contributed by atoms with Gasteiger partial charge in [0.1, 0.15) is 18.5 Å². The quantitative estimate of drug-likeness (QED) is 0.191. The number of hydrogen-bond acceptors (Lipinski definition) is 6. The fraction of sp³-hybridized carbons (Fsp3) is 0.312. The van der Waals surface area contributed by atoms with Crippen molar-refractivity contribution in [2.24, 2.45) is 0 Å². The average molecular weight is 593 g/mol. The van der Waals surface area contributed by atoms with Gasteiger partial charge in [-0.15, -0.1) is 0 Å². The summed E-state index contributed by atoms with van der Waals surface area (Å²) in [5.41, 5.74) is 2.73. The van der Waals surface area contributed by atoms with Crippen molar-refractivity contribution in [3.8, 4) is 0 Å². The number of carbonyl (C=O) groups is 3. The van der Waals surface area contributed by atoms with Crippen molar-refractivity contribution in [2.45, 2.75) is 57.3 Å². The lowest BCUT2D eigenvalue weighted by Crippen LogP contribution is -2.53. The Kier molecular flexibility index (Phi) is 10.8. The Labute approximate surface area is 249 Å². The first-order chi connectivity index (χ1) is 20.2. The molecule has 1 aliphatic heterocycles. The molecule has 42 heavy (non-hydrogen) atoms. The van der Waals surface area contributed by atoms with Crippen molar-refractivity contribution in [2.75, 3.05) is 6.54 Å². The molecule has 0 aliphatic carbocycles. The monoisotopic (exact) mass is 592 g/mol. The largest absolute Gasteiger partial charge is 0.460 e. The number of piperidine rings is 1. The highest BCUT2D eigenvalue weighted by atomic mass is 35.5. The van der Waals surface area contributed by atoms with Gasteiger partial charge in [-0.2, -0.15) is 0 Å². The summed E-state index contributed by atoms with van der Waals surface area (Å²) in [6.45, 7) is 2.34. The summed E-state index contributed by atoms with van der Waals surface area (Å²) in [7, 11) is 0. The average Bonchev–Trinajstić information content (AvgIpc) is 3.01. The van der Waals surface area contributed by atoms with Crippen LogP contribution in [0.2, 0.25) is 5.02 Å². The van der Waals surface area contributed by atoms with Crippen molar-refractivity contribution < 1.29 is 23.5 Å². The molecule has 220 valence electrons. The number of hydrogen-bond donors (Lipinski definition) is 4. The van der Waals surface area contributed by atoms with Gasteiger partial charge >= 0.3 is 5.97 Å². The standard InChI is InChI=1S/C32H34ClFN4O4/c1-20(38-32(41)29-16-24(13-14-36-29)22-5-3-2-4-6-22)31(40)37-18-21-7-9-23(10-8-21)28(35)17-30(39)42-19-25-15-26(33)11-12-27(25)34/h2-12,15,20,24,29,35-36H,13-14,16-19H2,1H3,(H,37,40)(H,38,41)/t20-,24-,29+/m0/s1. The zero-order valence-electron chi connectivity index (χ0n) is 23.3. The van der Waals surface area contributed by atoms with Crippen LogP contribution in [0.1, 0.15) is 54.4 Å². The summed E-state index contributed by atoms with van der Waals surface area (Å²) in [4.78, 5) is 37.7. The molecule has 0 unspecified atom stereocenters. The van der Waals surface area contributed by atoms with Crippen molar-refractivity contribution in [1.29, 1.82) is 5.41 Å². The van der Waals surface area contributed by atoms with Crippen LogP contribution in [0, 0.1) is 11.2 Å². The molecule has 0 saturated carbocycles. The highest BCUT2D eigenvalue weighted by molar-refractivity contribution is 6.30. The molecule has 4 rings (SSSR count). The summed E-state index contributed by atoms with van der Waals surface area (Å²) in [6, 6.07) is 19.9. The fourth-order valence-electron chi connectivity index (χ4n) is 4.80. The van der Waals surface area contributed by atoms with Gasteiger partial charge in [0.25, 0.3) is 0 Å². The van der Waals surface area contributed by atoms with Crippen LogP contribution < -0.4 is 16.0 Å². The number of esters is 1. The molecule has 2 amide bonds. The zero-order chi connectivity index (χ0) is 30.1. The molecule has 0 radical (unpaired) electrons. The Morgan fingerprint density at radius 1 is 1.10 bits per heavy atom. The Morgan fingerprint density at radius 3 is 2.57 bits per heavy atom. The molecular formula is C32H34ClFN4O4. The summed E-state index contributed by atoms with van der Waals surface area (Å²) in [5, 5.41) is 17.4. The van der Waals surface area contributed by atoms with Gasteiger partial charge in [0, 0.05) is 22.8 Å². The highest BCUT2D eigenvalue weighted by Crippen LogP contribution is 2.27. The van der Waals surface area contributed by atoms with E-state index in [9.17, 15) is 18.8 Å². The summed E-state index contributed by atoms with van der Waals surface area (Å²) in [6.07, 6.45) is 1.35. The SMILES string of the molecule is C[C@H](NC(=O)[C@H]1C[C@@H](c2ccccc2)CCN1)C(=O)NCc1ccc(C(=N)CC(=O)OCc2cc(Cl)ccc2F)cc1. The van der Waals surface area contributed by atoms with Gasteiger partial charge in [0.15, 0.2) is 0 Å². The number of nitrogens with one attached hydrogen (secondary N) is 4. The first kappa shape index (κ1) is 30.9. The van der Waals surface area contributed by atoms with Crippen LogP contribution in [0.3, 0.4) is 0 Å². The third-order valence-electron chi connectivity index (χ3n) is 7.23. The number of carbonyl (C=O) groups excluding carboxylic acids is 3. The maximum Gasteiger partial charge on any atom is 0.312 e. The minimum Gasteiger partial charge on any atom is -0.460 e. The van der Waals surface area contributed by atoms with E-state index in [-0.39, 0.29) is 48.7 Å². The second-order valence-electron chi connectivity index (χ2n) is 10.3. The van der Waals surface area contributed by atoms with E-state index in [1.165, 1.54) is 23.8 Å². The molecule has 1 saturated heterocycles. The Bertz CT molecular complexity index is 1420. The van der Waals surface area contributed by atoms with Crippen molar-refractivity contribution >= 4 is 35.1 Å². The van der Waals surface area contributed by atoms with Crippen LogP contribution in [0.15, 0.2) is 72.8 Å². The summed E-state index contributed by atoms with van der Waals surface area (Å²) >= 11 is 5.85. The molecule has 0 bridgehead atoms. The topological polar surface area (TPSA) is 120 Å². The Morgan fingerprint density at radius 2 is 1.83 bits per heavy atom. The molecule has 1 fully saturated rings. The third kappa shape index (κ3) is 8.71. The van der Waals surface area contributed by atoms with Gasteiger partial charge < -0.3 is 26.1 Å². The number of halogens is 2. The van der Waals surface area contributed by atoms with E-state index < -0.39 is 17.8 Å². The van der Waals surface area contributed by atoms with E-state index in [1.807, 2.05) is 18.2 Å². The minimum atomic E-state index is -0.713.